The van der Waals surface area contributed by atoms with E-state index >= 15 is 0 Å². The maximum Gasteiger partial charge on any atom is 0.345 e. The van der Waals surface area contributed by atoms with E-state index in [0.717, 1.165) is 18.8 Å². The van der Waals surface area contributed by atoms with Crippen molar-refractivity contribution in [1.82, 2.24) is 4.90 Å². The van der Waals surface area contributed by atoms with Gasteiger partial charge in [-0.05, 0) is 33.0 Å². The van der Waals surface area contributed by atoms with E-state index in [1.54, 1.807) is 6.07 Å². The first-order valence-corrected chi connectivity index (χ1v) is 6.69. The van der Waals surface area contributed by atoms with Gasteiger partial charge in [0.2, 0.25) is 0 Å². The van der Waals surface area contributed by atoms with Crippen molar-refractivity contribution in [2.75, 3.05) is 32.1 Å². The summed E-state index contributed by atoms with van der Waals surface area (Å²) < 4.78 is 0. The van der Waals surface area contributed by atoms with Gasteiger partial charge in [-0.1, -0.05) is 0 Å². The lowest BCUT2D eigenvalue weighted by Gasteiger charge is -2.28. The number of rotatable bonds is 4. The summed E-state index contributed by atoms with van der Waals surface area (Å²) in [5, 5.41) is 10.9. The number of hydrogen-bond acceptors (Lipinski definition) is 4. The van der Waals surface area contributed by atoms with Crippen LogP contribution in [0.2, 0.25) is 0 Å². The molecule has 0 aromatic carbocycles. The Morgan fingerprint density at radius 2 is 2.41 bits per heavy atom. The minimum Gasteiger partial charge on any atom is -0.477 e. The van der Waals surface area contributed by atoms with Gasteiger partial charge >= 0.3 is 5.97 Å². The van der Waals surface area contributed by atoms with Crippen LogP contribution in [0.1, 0.15) is 22.5 Å². The molecule has 1 unspecified atom stereocenters. The lowest BCUT2D eigenvalue weighted by molar-refractivity contribution is 0.0702. The van der Waals surface area contributed by atoms with Crippen molar-refractivity contribution < 1.29 is 9.90 Å². The monoisotopic (exact) mass is 254 g/mol. The zero-order valence-corrected chi connectivity index (χ0v) is 11.0. The van der Waals surface area contributed by atoms with E-state index in [1.807, 2.05) is 5.38 Å². The standard InChI is InChI=1S/C12H18N2O2S/c1-13(2)7-9-4-3-5-14(9)10-6-11(12(15)16)17-8-10/h6,8-9H,3-5,7H2,1-2H3,(H,15,16). The zero-order chi connectivity index (χ0) is 12.4. The van der Waals surface area contributed by atoms with Gasteiger partial charge in [0, 0.05) is 30.2 Å². The molecule has 1 aliphatic heterocycles. The second kappa shape index (κ2) is 5.06. The number of anilines is 1. The van der Waals surface area contributed by atoms with Crippen LogP contribution in [-0.2, 0) is 0 Å². The Morgan fingerprint density at radius 1 is 1.65 bits per heavy atom. The number of carboxylic acid groups (broad SMARTS) is 1. The molecule has 1 atom stereocenters. The van der Waals surface area contributed by atoms with E-state index in [1.165, 1.54) is 24.2 Å². The van der Waals surface area contributed by atoms with Crippen molar-refractivity contribution in [3.8, 4) is 0 Å². The van der Waals surface area contributed by atoms with Crippen molar-refractivity contribution >= 4 is 23.0 Å². The molecule has 1 aromatic rings. The number of hydrogen-bond donors (Lipinski definition) is 1. The molecule has 4 nitrogen and oxygen atoms in total. The summed E-state index contributed by atoms with van der Waals surface area (Å²) in [6, 6.07) is 2.31. The topological polar surface area (TPSA) is 43.8 Å². The van der Waals surface area contributed by atoms with Gasteiger partial charge in [0.05, 0.1) is 0 Å². The lowest BCUT2D eigenvalue weighted by Crippen LogP contribution is -2.37. The molecule has 0 aliphatic carbocycles. The molecule has 0 bridgehead atoms. The molecule has 2 rings (SSSR count). The maximum atomic E-state index is 10.9. The average Bonchev–Trinajstić information content (AvgIpc) is 2.83. The second-order valence-corrected chi connectivity index (χ2v) is 5.64. The van der Waals surface area contributed by atoms with Gasteiger partial charge in [-0.15, -0.1) is 11.3 Å². The first-order chi connectivity index (χ1) is 8.08. The van der Waals surface area contributed by atoms with E-state index in [2.05, 4.69) is 23.9 Å². The molecule has 17 heavy (non-hydrogen) atoms. The summed E-state index contributed by atoms with van der Waals surface area (Å²) in [5.41, 5.74) is 1.07. The number of aromatic carboxylic acids is 1. The highest BCUT2D eigenvalue weighted by Crippen LogP contribution is 2.30. The molecular weight excluding hydrogens is 236 g/mol. The van der Waals surface area contributed by atoms with Crippen molar-refractivity contribution in [2.45, 2.75) is 18.9 Å². The van der Waals surface area contributed by atoms with Crippen LogP contribution in [0.3, 0.4) is 0 Å². The van der Waals surface area contributed by atoms with Crippen molar-refractivity contribution in [2.24, 2.45) is 0 Å². The van der Waals surface area contributed by atoms with Gasteiger partial charge in [0.25, 0.3) is 0 Å². The molecule has 0 spiro atoms. The number of likely N-dealkylation sites (N-methyl/N-ethyl adjacent to an activating group) is 1. The molecule has 5 heteroatoms. The zero-order valence-electron chi connectivity index (χ0n) is 10.2. The maximum absolute atomic E-state index is 10.9. The predicted octanol–water partition coefficient (Wildman–Crippen LogP) is 1.98. The predicted molar refractivity (Wildman–Crippen MR) is 70.2 cm³/mol. The molecule has 2 heterocycles. The van der Waals surface area contributed by atoms with E-state index in [9.17, 15) is 4.79 Å². The molecule has 0 radical (unpaired) electrons. The quantitative estimate of drug-likeness (QED) is 0.892. The summed E-state index contributed by atoms with van der Waals surface area (Å²) in [7, 11) is 4.15. The number of carbonyl (C=O) groups is 1. The molecule has 94 valence electrons. The van der Waals surface area contributed by atoms with Crippen LogP contribution in [-0.4, -0.2) is 49.2 Å². The highest BCUT2D eigenvalue weighted by molar-refractivity contribution is 7.12. The van der Waals surface area contributed by atoms with Crippen molar-refractivity contribution in [3.63, 3.8) is 0 Å². The smallest absolute Gasteiger partial charge is 0.345 e. The first kappa shape index (κ1) is 12.4. The SMILES string of the molecule is CN(C)CC1CCCN1c1csc(C(=O)O)c1. The average molecular weight is 254 g/mol. The van der Waals surface area contributed by atoms with Crippen molar-refractivity contribution in [3.05, 3.63) is 16.3 Å². The molecule has 1 saturated heterocycles. The Labute approximate surface area is 105 Å². The van der Waals surface area contributed by atoms with Crippen LogP contribution in [0.5, 0.6) is 0 Å². The van der Waals surface area contributed by atoms with Crippen LogP contribution in [0.4, 0.5) is 5.69 Å². The summed E-state index contributed by atoms with van der Waals surface area (Å²) >= 11 is 1.31. The molecule has 0 saturated carbocycles. The highest BCUT2D eigenvalue weighted by atomic mass is 32.1. The minimum atomic E-state index is -0.829. The Morgan fingerprint density at radius 3 is 3.00 bits per heavy atom. The fourth-order valence-corrected chi connectivity index (χ4v) is 3.12. The Kier molecular flexibility index (Phi) is 3.69. The van der Waals surface area contributed by atoms with E-state index < -0.39 is 5.97 Å². The highest BCUT2D eigenvalue weighted by Gasteiger charge is 2.26. The van der Waals surface area contributed by atoms with E-state index in [-0.39, 0.29) is 0 Å². The Bertz CT molecular complexity index is 403. The van der Waals surface area contributed by atoms with Crippen LogP contribution < -0.4 is 4.90 Å². The molecule has 1 fully saturated rings. The number of nitrogens with zero attached hydrogens (tertiary/aromatic N) is 2. The van der Waals surface area contributed by atoms with Gasteiger partial charge in [-0.25, -0.2) is 4.79 Å². The van der Waals surface area contributed by atoms with Crippen LogP contribution >= 0.6 is 11.3 Å². The van der Waals surface area contributed by atoms with Crippen LogP contribution in [0.25, 0.3) is 0 Å². The van der Waals surface area contributed by atoms with Crippen LogP contribution in [0.15, 0.2) is 11.4 Å². The third-order valence-electron chi connectivity index (χ3n) is 3.08. The summed E-state index contributed by atoms with van der Waals surface area (Å²) in [4.78, 5) is 15.8. The third kappa shape index (κ3) is 2.79. The van der Waals surface area contributed by atoms with Gasteiger partial charge in [-0.3, -0.25) is 0 Å². The summed E-state index contributed by atoms with van der Waals surface area (Å²) in [5.74, 6) is -0.829. The summed E-state index contributed by atoms with van der Waals surface area (Å²) in [6.07, 6.45) is 2.38. The fraction of sp³-hybridized carbons (Fsp3) is 0.583. The van der Waals surface area contributed by atoms with Gasteiger partial charge in [-0.2, -0.15) is 0 Å². The fourth-order valence-electron chi connectivity index (χ4n) is 2.38. The second-order valence-electron chi connectivity index (χ2n) is 4.73. The largest absolute Gasteiger partial charge is 0.477 e. The van der Waals surface area contributed by atoms with E-state index in [4.69, 9.17) is 5.11 Å². The molecule has 1 aromatic heterocycles. The normalized spacial score (nSPS) is 20.2. The first-order valence-electron chi connectivity index (χ1n) is 5.81. The molecule has 1 N–H and O–H groups in total. The van der Waals surface area contributed by atoms with Gasteiger partial charge < -0.3 is 14.9 Å². The number of carboxylic acids is 1. The summed E-state index contributed by atoms with van der Waals surface area (Å²) in [6.45, 7) is 2.06. The van der Waals surface area contributed by atoms with Gasteiger partial charge in [0.1, 0.15) is 4.88 Å². The Hall–Kier alpha value is -1.07. The third-order valence-corrected chi connectivity index (χ3v) is 3.99. The van der Waals surface area contributed by atoms with Gasteiger partial charge in [0.15, 0.2) is 0 Å². The minimum absolute atomic E-state index is 0.426. The molecule has 0 amide bonds. The number of thiophene rings is 1. The van der Waals surface area contributed by atoms with Crippen LogP contribution in [0, 0.1) is 0 Å². The molecule has 1 aliphatic rings. The lowest BCUT2D eigenvalue weighted by atomic mass is 10.2. The Balaban J connectivity index is 2.11. The van der Waals surface area contributed by atoms with Crippen molar-refractivity contribution in [1.29, 1.82) is 0 Å². The van der Waals surface area contributed by atoms with E-state index in [0.29, 0.717) is 10.9 Å². The molecular formula is C12H18N2O2S.